The minimum Gasteiger partial charge on any atom is -0.493 e. The van der Waals surface area contributed by atoms with Crippen molar-refractivity contribution >= 4 is 0 Å². The van der Waals surface area contributed by atoms with E-state index in [-0.39, 0.29) is 0 Å². The molecule has 0 bridgehead atoms. The van der Waals surface area contributed by atoms with Crippen molar-refractivity contribution < 1.29 is 9.47 Å². The fraction of sp³-hybridized carbons (Fsp3) is 0.625. The Kier molecular flexibility index (Phi) is 8.07. The first-order valence-electron chi connectivity index (χ1n) is 7.28. The zero-order valence-electron chi connectivity index (χ0n) is 12.4. The Balaban J connectivity index is 2.31. The van der Waals surface area contributed by atoms with Gasteiger partial charge in [-0.2, -0.15) is 0 Å². The van der Waals surface area contributed by atoms with Crippen LogP contribution in [0.4, 0.5) is 0 Å². The summed E-state index contributed by atoms with van der Waals surface area (Å²) in [7, 11) is 1.67. The van der Waals surface area contributed by atoms with Gasteiger partial charge >= 0.3 is 0 Å². The van der Waals surface area contributed by atoms with Gasteiger partial charge < -0.3 is 14.8 Å². The molecule has 1 atom stereocenters. The van der Waals surface area contributed by atoms with Crippen LogP contribution in [0.1, 0.15) is 33.1 Å². The van der Waals surface area contributed by atoms with E-state index in [0.717, 1.165) is 37.6 Å². The van der Waals surface area contributed by atoms with E-state index in [9.17, 15) is 0 Å². The summed E-state index contributed by atoms with van der Waals surface area (Å²) in [6, 6.07) is 7.80. The Bertz CT molecular complexity index is 341. The summed E-state index contributed by atoms with van der Waals surface area (Å²) in [6.07, 6.45) is 3.45. The molecule has 0 saturated carbocycles. The predicted octanol–water partition coefficient (Wildman–Crippen LogP) is 3.49. The highest BCUT2D eigenvalue weighted by Gasteiger charge is 2.07. The van der Waals surface area contributed by atoms with E-state index >= 15 is 0 Å². The maximum atomic E-state index is 5.81. The van der Waals surface area contributed by atoms with Crippen LogP contribution in [0.2, 0.25) is 0 Å². The SMILES string of the molecule is CCCNCC(CC)CCOc1ccccc1OC. The van der Waals surface area contributed by atoms with Crippen molar-refractivity contribution in [2.75, 3.05) is 26.8 Å². The molecule has 0 spiro atoms. The Morgan fingerprint density at radius 2 is 1.89 bits per heavy atom. The molecule has 0 amide bonds. The molecule has 1 rings (SSSR count). The van der Waals surface area contributed by atoms with Crippen LogP contribution in [0.3, 0.4) is 0 Å². The first-order chi connectivity index (χ1) is 9.31. The highest BCUT2D eigenvalue weighted by Crippen LogP contribution is 2.26. The molecule has 3 nitrogen and oxygen atoms in total. The number of hydrogen-bond donors (Lipinski definition) is 1. The maximum Gasteiger partial charge on any atom is 0.161 e. The summed E-state index contributed by atoms with van der Waals surface area (Å²) in [6.45, 7) is 7.36. The van der Waals surface area contributed by atoms with Crippen LogP contribution in [-0.4, -0.2) is 26.8 Å². The lowest BCUT2D eigenvalue weighted by molar-refractivity contribution is 0.258. The molecule has 1 aromatic carbocycles. The standard InChI is InChI=1S/C16H27NO2/c1-4-11-17-13-14(5-2)10-12-19-16-9-7-6-8-15(16)18-3/h6-9,14,17H,4-5,10-13H2,1-3H3. The summed E-state index contributed by atoms with van der Waals surface area (Å²) < 4.78 is 11.1. The van der Waals surface area contributed by atoms with E-state index in [0.29, 0.717) is 5.92 Å². The van der Waals surface area contributed by atoms with Gasteiger partial charge in [-0.1, -0.05) is 32.4 Å². The quantitative estimate of drug-likeness (QED) is 0.657. The molecule has 108 valence electrons. The van der Waals surface area contributed by atoms with Gasteiger partial charge in [0.25, 0.3) is 0 Å². The normalized spacial score (nSPS) is 12.2. The number of nitrogens with one attached hydrogen (secondary N) is 1. The molecular formula is C16H27NO2. The van der Waals surface area contributed by atoms with Gasteiger partial charge in [0.1, 0.15) is 0 Å². The van der Waals surface area contributed by atoms with Gasteiger partial charge in [0.2, 0.25) is 0 Å². The summed E-state index contributed by atoms with van der Waals surface area (Å²) in [5, 5.41) is 3.48. The largest absolute Gasteiger partial charge is 0.493 e. The predicted molar refractivity (Wildman–Crippen MR) is 80.0 cm³/mol. The second kappa shape index (κ2) is 9.68. The number of methoxy groups -OCH3 is 1. The Hall–Kier alpha value is -1.22. The average Bonchev–Trinajstić information content (AvgIpc) is 2.46. The van der Waals surface area contributed by atoms with E-state index in [4.69, 9.17) is 9.47 Å². The Morgan fingerprint density at radius 1 is 1.16 bits per heavy atom. The van der Waals surface area contributed by atoms with E-state index in [1.807, 2.05) is 24.3 Å². The summed E-state index contributed by atoms with van der Waals surface area (Å²) in [5.74, 6) is 2.32. The molecule has 0 aliphatic heterocycles. The van der Waals surface area contributed by atoms with Crippen LogP contribution < -0.4 is 14.8 Å². The number of ether oxygens (including phenoxy) is 2. The topological polar surface area (TPSA) is 30.5 Å². The molecule has 0 aromatic heterocycles. The van der Waals surface area contributed by atoms with Crippen LogP contribution in [0, 0.1) is 5.92 Å². The minimum absolute atomic E-state index is 0.682. The van der Waals surface area contributed by atoms with Crippen molar-refractivity contribution in [1.82, 2.24) is 5.32 Å². The molecule has 1 N–H and O–H groups in total. The first-order valence-corrected chi connectivity index (χ1v) is 7.28. The van der Waals surface area contributed by atoms with E-state index < -0.39 is 0 Å². The van der Waals surface area contributed by atoms with Crippen LogP contribution in [0.15, 0.2) is 24.3 Å². The van der Waals surface area contributed by atoms with Gasteiger partial charge in [0.05, 0.1) is 13.7 Å². The van der Waals surface area contributed by atoms with Gasteiger partial charge in [-0.25, -0.2) is 0 Å². The highest BCUT2D eigenvalue weighted by atomic mass is 16.5. The number of hydrogen-bond acceptors (Lipinski definition) is 3. The van der Waals surface area contributed by atoms with Gasteiger partial charge in [-0.3, -0.25) is 0 Å². The molecule has 0 fully saturated rings. The fourth-order valence-corrected chi connectivity index (χ4v) is 2.01. The van der Waals surface area contributed by atoms with E-state index in [1.54, 1.807) is 7.11 Å². The highest BCUT2D eigenvalue weighted by molar-refractivity contribution is 5.39. The second-order valence-electron chi connectivity index (χ2n) is 4.77. The van der Waals surface area contributed by atoms with Gasteiger partial charge in [0.15, 0.2) is 11.5 Å². The molecule has 19 heavy (non-hydrogen) atoms. The third-order valence-electron chi connectivity index (χ3n) is 3.29. The van der Waals surface area contributed by atoms with Crippen molar-refractivity contribution in [3.05, 3.63) is 24.3 Å². The van der Waals surface area contributed by atoms with Crippen LogP contribution in [0.5, 0.6) is 11.5 Å². The van der Waals surface area contributed by atoms with Crippen molar-refractivity contribution in [1.29, 1.82) is 0 Å². The smallest absolute Gasteiger partial charge is 0.161 e. The molecule has 1 unspecified atom stereocenters. The molecule has 3 heteroatoms. The fourth-order valence-electron chi connectivity index (χ4n) is 2.01. The zero-order chi connectivity index (χ0) is 13.9. The van der Waals surface area contributed by atoms with Crippen molar-refractivity contribution in [3.63, 3.8) is 0 Å². The lowest BCUT2D eigenvalue weighted by atomic mass is 10.0. The number of benzene rings is 1. The van der Waals surface area contributed by atoms with E-state index in [1.165, 1.54) is 12.8 Å². The number of rotatable bonds is 10. The molecule has 0 saturated heterocycles. The first kappa shape index (κ1) is 15.8. The van der Waals surface area contributed by atoms with Crippen LogP contribution in [-0.2, 0) is 0 Å². The molecular weight excluding hydrogens is 238 g/mol. The van der Waals surface area contributed by atoms with Crippen molar-refractivity contribution in [2.24, 2.45) is 5.92 Å². The summed E-state index contributed by atoms with van der Waals surface area (Å²) in [4.78, 5) is 0. The molecule has 0 aliphatic carbocycles. The average molecular weight is 265 g/mol. The van der Waals surface area contributed by atoms with Crippen molar-refractivity contribution in [2.45, 2.75) is 33.1 Å². The Morgan fingerprint density at radius 3 is 2.53 bits per heavy atom. The third kappa shape index (κ3) is 5.97. The monoisotopic (exact) mass is 265 g/mol. The Labute approximate surface area is 117 Å². The zero-order valence-corrected chi connectivity index (χ0v) is 12.4. The molecule has 0 aliphatic rings. The molecule has 0 radical (unpaired) electrons. The molecule has 0 heterocycles. The van der Waals surface area contributed by atoms with Gasteiger partial charge in [-0.15, -0.1) is 0 Å². The maximum absolute atomic E-state index is 5.81. The van der Waals surface area contributed by atoms with Crippen molar-refractivity contribution in [3.8, 4) is 11.5 Å². The van der Waals surface area contributed by atoms with Gasteiger partial charge in [-0.05, 0) is 44.0 Å². The van der Waals surface area contributed by atoms with Gasteiger partial charge in [0, 0.05) is 0 Å². The number of para-hydroxylation sites is 2. The van der Waals surface area contributed by atoms with E-state index in [2.05, 4.69) is 19.2 Å². The second-order valence-corrected chi connectivity index (χ2v) is 4.77. The van der Waals surface area contributed by atoms with Crippen LogP contribution >= 0.6 is 0 Å². The third-order valence-corrected chi connectivity index (χ3v) is 3.29. The minimum atomic E-state index is 0.682. The van der Waals surface area contributed by atoms with Crippen LogP contribution in [0.25, 0.3) is 0 Å². The summed E-state index contributed by atoms with van der Waals surface area (Å²) in [5.41, 5.74) is 0. The molecule has 1 aromatic rings. The lowest BCUT2D eigenvalue weighted by Crippen LogP contribution is -2.24. The summed E-state index contributed by atoms with van der Waals surface area (Å²) >= 11 is 0. The lowest BCUT2D eigenvalue weighted by Gasteiger charge is -2.16.